The van der Waals surface area contributed by atoms with Gasteiger partial charge in [0, 0.05) is 6.04 Å². The van der Waals surface area contributed by atoms with Gasteiger partial charge in [-0.3, -0.25) is 0 Å². The van der Waals surface area contributed by atoms with E-state index >= 15 is 0 Å². The van der Waals surface area contributed by atoms with E-state index in [1.165, 1.54) is 25.7 Å². The highest BCUT2D eigenvalue weighted by Gasteiger charge is 2.31. The van der Waals surface area contributed by atoms with Crippen LogP contribution in [0.1, 0.15) is 63.9 Å². The molecule has 0 aromatic heterocycles. The SMILES string of the molecule is CCCCC(CC)CNC1CC(c2ccccc2F)C1. The predicted octanol–water partition coefficient (Wildman–Crippen LogP) is 4.88. The number of benzene rings is 1. The molecule has 2 heteroatoms. The summed E-state index contributed by atoms with van der Waals surface area (Å²) in [5.74, 6) is 1.19. The number of nitrogens with one attached hydrogen (secondary N) is 1. The average molecular weight is 277 g/mol. The molecule has 2 rings (SSSR count). The molecule has 1 aliphatic carbocycles. The molecular weight excluding hydrogens is 249 g/mol. The minimum Gasteiger partial charge on any atom is -0.314 e. The molecule has 112 valence electrons. The fourth-order valence-corrected chi connectivity index (χ4v) is 3.12. The number of rotatable bonds is 8. The minimum absolute atomic E-state index is 0.0367. The van der Waals surface area contributed by atoms with E-state index in [-0.39, 0.29) is 5.82 Å². The second-order valence-electron chi connectivity index (χ2n) is 6.21. The molecule has 1 N–H and O–H groups in total. The van der Waals surface area contributed by atoms with E-state index in [1.54, 1.807) is 12.1 Å². The Morgan fingerprint density at radius 1 is 1.25 bits per heavy atom. The molecule has 1 atom stereocenters. The number of halogens is 1. The van der Waals surface area contributed by atoms with Crippen molar-refractivity contribution < 1.29 is 4.39 Å². The third-order valence-corrected chi connectivity index (χ3v) is 4.72. The first-order valence-electron chi connectivity index (χ1n) is 8.22. The highest BCUT2D eigenvalue weighted by Crippen LogP contribution is 2.38. The zero-order valence-corrected chi connectivity index (χ0v) is 12.9. The molecule has 1 saturated carbocycles. The molecule has 0 saturated heterocycles. The Kier molecular flexibility index (Phi) is 6.03. The van der Waals surface area contributed by atoms with Crippen molar-refractivity contribution in [2.75, 3.05) is 6.54 Å². The lowest BCUT2D eigenvalue weighted by Crippen LogP contribution is -2.42. The molecule has 1 aliphatic rings. The molecule has 1 aromatic carbocycles. The molecule has 1 fully saturated rings. The maximum atomic E-state index is 13.7. The second kappa shape index (κ2) is 7.78. The highest BCUT2D eigenvalue weighted by atomic mass is 19.1. The van der Waals surface area contributed by atoms with Crippen LogP contribution in [-0.4, -0.2) is 12.6 Å². The summed E-state index contributed by atoms with van der Waals surface area (Å²) in [4.78, 5) is 0. The van der Waals surface area contributed by atoms with Gasteiger partial charge in [-0.1, -0.05) is 51.3 Å². The van der Waals surface area contributed by atoms with Gasteiger partial charge in [0.05, 0.1) is 0 Å². The molecular formula is C18H28FN. The van der Waals surface area contributed by atoms with Crippen LogP contribution in [0.4, 0.5) is 4.39 Å². The van der Waals surface area contributed by atoms with Crippen molar-refractivity contribution in [3.63, 3.8) is 0 Å². The van der Waals surface area contributed by atoms with E-state index < -0.39 is 0 Å². The van der Waals surface area contributed by atoms with Gasteiger partial charge in [0.1, 0.15) is 5.82 Å². The topological polar surface area (TPSA) is 12.0 Å². The first-order valence-corrected chi connectivity index (χ1v) is 8.22. The molecule has 0 spiro atoms. The summed E-state index contributed by atoms with van der Waals surface area (Å²) >= 11 is 0. The number of hydrogen-bond donors (Lipinski definition) is 1. The Morgan fingerprint density at radius 3 is 2.65 bits per heavy atom. The first-order chi connectivity index (χ1) is 9.74. The minimum atomic E-state index is -0.0367. The van der Waals surface area contributed by atoms with Crippen molar-refractivity contribution in [3.05, 3.63) is 35.6 Å². The Hall–Kier alpha value is -0.890. The van der Waals surface area contributed by atoms with Gasteiger partial charge in [-0.05, 0) is 49.3 Å². The summed E-state index contributed by atoms with van der Waals surface area (Å²) in [5, 5.41) is 3.68. The van der Waals surface area contributed by atoms with Crippen molar-refractivity contribution >= 4 is 0 Å². The van der Waals surface area contributed by atoms with E-state index in [0.717, 1.165) is 30.9 Å². The van der Waals surface area contributed by atoms with Gasteiger partial charge in [-0.25, -0.2) is 4.39 Å². The van der Waals surface area contributed by atoms with Gasteiger partial charge in [-0.15, -0.1) is 0 Å². The molecule has 1 unspecified atom stereocenters. The van der Waals surface area contributed by atoms with Crippen molar-refractivity contribution in [2.24, 2.45) is 5.92 Å². The lowest BCUT2D eigenvalue weighted by atomic mass is 9.75. The Balaban J connectivity index is 1.70. The molecule has 1 aromatic rings. The van der Waals surface area contributed by atoms with Crippen LogP contribution in [0.25, 0.3) is 0 Å². The summed E-state index contributed by atoms with van der Waals surface area (Å²) in [6, 6.07) is 7.82. The zero-order valence-electron chi connectivity index (χ0n) is 12.9. The highest BCUT2D eigenvalue weighted by molar-refractivity contribution is 5.24. The van der Waals surface area contributed by atoms with Crippen LogP contribution >= 0.6 is 0 Å². The predicted molar refractivity (Wildman–Crippen MR) is 83.5 cm³/mol. The van der Waals surface area contributed by atoms with Crippen LogP contribution in [0.15, 0.2) is 24.3 Å². The van der Waals surface area contributed by atoms with Gasteiger partial charge in [-0.2, -0.15) is 0 Å². The lowest BCUT2D eigenvalue weighted by Gasteiger charge is -2.37. The summed E-state index contributed by atoms with van der Waals surface area (Å²) in [6.07, 6.45) is 7.40. The van der Waals surface area contributed by atoms with Crippen LogP contribution in [0.2, 0.25) is 0 Å². The summed E-state index contributed by atoms with van der Waals surface area (Å²) in [7, 11) is 0. The van der Waals surface area contributed by atoms with Crippen molar-refractivity contribution in [1.29, 1.82) is 0 Å². The Bertz CT molecular complexity index is 398. The summed E-state index contributed by atoms with van der Waals surface area (Å²) < 4.78 is 13.7. The standard InChI is InChI=1S/C18H28FN/c1-3-5-8-14(4-2)13-20-16-11-15(12-16)17-9-6-7-10-18(17)19/h6-7,9-10,14-16,20H,3-5,8,11-13H2,1-2H3. The zero-order chi connectivity index (χ0) is 14.4. The number of unbranched alkanes of at least 4 members (excludes halogenated alkanes) is 1. The van der Waals surface area contributed by atoms with Crippen LogP contribution in [0, 0.1) is 11.7 Å². The monoisotopic (exact) mass is 277 g/mol. The van der Waals surface area contributed by atoms with Gasteiger partial charge < -0.3 is 5.32 Å². The summed E-state index contributed by atoms with van der Waals surface area (Å²) in [5.41, 5.74) is 0.906. The van der Waals surface area contributed by atoms with Gasteiger partial charge >= 0.3 is 0 Å². The fraction of sp³-hybridized carbons (Fsp3) is 0.667. The van der Waals surface area contributed by atoms with Gasteiger partial charge in [0.25, 0.3) is 0 Å². The third-order valence-electron chi connectivity index (χ3n) is 4.72. The van der Waals surface area contributed by atoms with Crippen molar-refractivity contribution in [2.45, 2.75) is 64.3 Å². The quantitative estimate of drug-likeness (QED) is 0.714. The van der Waals surface area contributed by atoms with E-state index in [4.69, 9.17) is 0 Å². The van der Waals surface area contributed by atoms with E-state index in [0.29, 0.717) is 12.0 Å². The summed E-state index contributed by atoms with van der Waals surface area (Å²) in [6.45, 7) is 5.67. The maximum absolute atomic E-state index is 13.7. The maximum Gasteiger partial charge on any atom is 0.126 e. The van der Waals surface area contributed by atoms with Crippen LogP contribution < -0.4 is 5.32 Å². The molecule has 0 bridgehead atoms. The number of hydrogen-bond acceptors (Lipinski definition) is 1. The second-order valence-corrected chi connectivity index (χ2v) is 6.21. The van der Waals surface area contributed by atoms with Crippen LogP contribution in [0.3, 0.4) is 0 Å². The molecule has 0 heterocycles. The van der Waals surface area contributed by atoms with E-state index in [1.807, 2.05) is 12.1 Å². The molecule has 0 radical (unpaired) electrons. The van der Waals surface area contributed by atoms with Crippen LogP contribution in [0.5, 0.6) is 0 Å². The molecule has 0 aliphatic heterocycles. The smallest absolute Gasteiger partial charge is 0.126 e. The fourth-order valence-electron chi connectivity index (χ4n) is 3.12. The lowest BCUT2D eigenvalue weighted by molar-refractivity contribution is 0.265. The molecule has 0 amide bonds. The van der Waals surface area contributed by atoms with Crippen molar-refractivity contribution in [3.8, 4) is 0 Å². The first kappa shape index (κ1) is 15.5. The van der Waals surface area contributed by atoms with E-state index in [2.05, 4.69) is 19.2 Å². The van der Waals surface area contributed by atoms with E-state index in [9.17, 15) is 4.39 Å². The Labute approximate surface area is 123 Å². The molecule has 1 nitrogen and oxygen atoms in total. The van der Waals surface area contributed by atoms with Crippen LogP contribution in [-0.2, 0) is 0 Å². The van der Waals surface area contributed by atoms with Gasteiger partial charge in [0.15, 0.2) is 0 Å². The third kappa shape index (κ3) is 4.05. The van der Waals surface area contributed by atoms with Gasteiger partial charge in [0.2, 0.25) is 0 Å². The molecule has 20 heavy (non-hydrogen) atoms. The Morgan fingerprint density at radius 2 is 2.00 bits per heavy atom. The average Bonchev–Trinajstić information content (AvgIpc) is 2.42. The normalized spacial score (nSPS) is 23.4. The largest absolute Gasteiger partial charge is 0.314 e. The van der Waals surface area contributed by atoms with Crippen molar-refractivity contribution in [1.82, 2.24) is 5.32 Å².